The fourth-order valence-electron chi connectivity index (χ4n) is 2.94. The van der Waals surface area contributed by atoms with Crippen molar-refractivity contribution in [2.45, 2.75) is 32.0 Å². The number of likely N-dealkylation sites (N-methyl/N-ethyl adjacent to an activating group) is 2. The van der Waals surface area contributed by atoms with E-state index in [1.807, 2.05) is 19.4 Å². The number of rotatable bonds is 4. The number of nitrogens with zero attached hydrogens (tertiary/aromatic N) is 3. The Morgan fingerprint density at radius 1 is 1.37 bits per heavy atom. The van der Waals surface area contributed by atoms with E-state index in [4.69, 9.17) is 0 Å². The first kappa shape index (κ1) is 14.4. The van der Waals surface area contributed by atoms with Gasteiger partial charge in [-0.25, -0.2) is 0 Å². The van der Waals surface area contributed by atoms with E-state index in [-0.39, 0.29) is 5.54 Å². The van der Waals surface area contributed by atoms with Gasteiger partial charge in [0, 0.05) is 50.2 Å². The maximum Gasteiger partial charge on any atom is 0.0350 e. The summed E-state index contributed by atoms with van der Waals surface area (Å²) in [6.07, 6.45) is 3.75. The quantitative estimate of drug-likeness (QED) is 0.883. The highest BCUT2D eigenvalue weighted by molar-refractivity contribution is 5.10. The van der Waals surface area contributed by atoms with Gasteiger partial charge in [0.15, 0.2) is 0 Å². The van der Waals surface area contributed by atoms with Gasteiger partial charge in [0.05, 0.1) is 0 Å². The van der Waals surface area contributed by atoms with Crippen molar-refractivity contribution in [3.05, 3.63) is 30.1 Å². The lowest BCUT2D eigenvalue weighted by molar-refractivity contribution is -0.00863. The zero-order valence-corrected chi connectivity index (χ0v) is 12.6. The van der Waals surface area contributed by atoms with Gasteiger partial charge in [-0.05, 0) is 45.6 Å². The molecule has 0 spiro atoms. The van der Waals surface area contributed by atoms with Crippen LogP contribution in [0.4, 0.5) is 0 Å². The van der Waals surface area contributed by atoms with Crippen LogP contribution in [-0.2, 0) is 6.54 Å². The van der Waals surface area contributed by atoms with Crippen LogP contribution in [0.15, 0.2) is 24.5 Å². The van der Waals surface area contributed by atoms with Crippen molar-refractivity contribution in [2.75, 3.05) is 33.7 Å². The Kier molecular flexibility index (Phi) is 4.55. The average Bonchev–Trinajstić information content (AvgIpc) is 2.36. The van der Waals surface area contributed by atoms with Crippen molar-refractivity contribution >= 4 is 0 Å². The first-order valence-electron chi connectivity index (χ1n) is 7.02. The van der Waals surface area contributed by atoms with Crippen LogP contribution in [0.5, 0.6) is 0 Å². The molecule has 2 heterocycles. The fourth-order valence-corrected chi connectivity index (χ4v) is 2.94. The van der Waals surface area contributed by atoms with Gasteiger partial charge in [0.1, 0.15) is 0 Å². The van der Waals surface area contributed by atoms with Crippen LogP contribution >= 0.6 is 0 Å². The van der Waals surface area contributed by atoms with Gasteiger partial charge >= 0.3 is 0 Å². The largest absolute Gasteiger partial charge is 0.318 e. The minimum atomic E-state index is 0.215. The van der Waals surface area contributed by atoms with E-state index in [1.165, 1.54) is 5.56 Å². The molecule has 1 saturated heterocycles. The molecule has 19 heavy (non-hydrogen) atoms. The standard InChI is InChI=1S/C15H26N4/c1-15(2)12-19(10-13-5-7-17-8-6-13)11-14(9-16-3)18(15)4/h5-8,14,16H,9-12H2,1-4H3. The molecule has 1 aromatic heterocycles. The van der Waals surface area contributed by atoms with Crippen molar-refractivity contribution in [3.63, 3.8) is 0 Å². The van der Waals surface area contributed by atoms with Gasteiger partial charge in [-0.2, -0.15) is 0 Å². The van der Waals surface area contributed by atoms with Gasteiger partial charge in [0.25, 0.3) is 0 Å². The molecule has 2 rings (SSSR count). The highest BCUT2D eigenvalue weighted by Gasteiger charge is 2.36. The van der Waals surface area contributed by atoms with Crippen molar-refractivity contribution < 1.29 is 0 Å². The average molecular weight is 262 g/mol. The Morgan fingerprint density at radius 2 is 2.05 bits per heavy atom. The summed E-state index contributed by atoms with van der Waals surface area (Å²) in [5, 5.41) is 3.31. The molecule has 1 fully saturated rings. The smallest absolute Gasteiger partial charge is 0.0350 e. The van der Waals surface area contributed by atoms with E-state index < -0.39 is 0 Å². The van der Waals surface area contributed by atoms with E-state index in [1.54, 1.807) is 0 Å². The van der Waals surface area contributed by atoms with Crippen molar-refractivity contribution in [1.82, 2.24) is 20.1 Å². The van der Waals surface area contributed by atoms with Crippen LogP contribution in [0.25, 0.3) is 0 Å². The maximum atomic E-state index is 4.09. The van der Waals surface area contributed by atoms with E-state index in [2.05, 4.69) is 53.1 Å². The van der Waals surface area contributed by atoms with Gasteiger partial charge in [-0.3, -0.25) is 14.8 Å². The van der Waals surface area contributed by atoms with E-state index in [0.29, 0.717) is 6.04 Å². The van der Waals surface area contributed by atoms with Crippen LogP contribution in [0.2, 0.25) is 0 Å². The minimum absolute atomic E-state index is 0.215. The summed E-state index contributed by atoms with van der Waals surface area (Å²) in [6, 6.07) is 4.78. The predicted molar refractivity (Wildman–Crippen MR) is 79.1 cm³/mol. The molecular formula is C15H26N4. The number of nitrogens with one attached hydrogen (secondary N) is 1. The van der Waals surface area contributed by atoms with Crippen LogP contribution in [-0.4, -0.2) is 60.1 Å². The molecule has 1 N–H and O–H groups in total. The second-order valence-electron chi connectivity index (χ2n) is 6.16. The lowest BCUT2D eigenvalue weighted by Gasteiger charge is -2.50. The van der Waals surface area contributed by atoms with Gasteiger partial charge in [-0.1, -0.05) is 0 Å². The summed E-state index contributed by atoms with van der Waals surface area (Å²) >= 11 is 0. The Balaban J connectivity index is 2.05. The third-order valence-electron chi connectivity index (χ3n) is 4.18. The molecular weight excluding hydrogens is 236 g/mol. The molecule has 106 valence electrons. The molecule has 1 aliphatic heterocycles. The third-order valence-corrected chi connectivity index (χ3v) is 4.18. The molecule has 4 nitrogen and oxygen atoms in total. The molecule has 0 aliphatic carbocycles. The summed E-state index contributed by atoms with van der Waals surface area (Å²) in [7, 11) is 4.27. The molecule has 1 unspecified atom stereocenters. The number of hydrogen-bond acceptors (Lipinski definition) is 4. The number of piperazine rings is 1. The lowest BCUT2D eigenvalue weighted by Crippen LogP contribution is -2.64. The first-order chi connectivity index (χ1) is 9.03. The zero-order valence-electron chi connectivity index (χ0n) is 12.6. The van der Waals surface area contributed by atoms with Crippen LogP contribution in [0, 0.1) is 0 Å². The predicted octanol–water partition coefficient (Wildman–Crippen LogP) is 1.20. The first-order valence-corrected chi connectivity index (χ1v) is 7.02. The molecule has 0 amide bonds. The minimum Gasteiger partial charge on any atom is -0.318 e. The Labute approximate surface area is 116 Å². The Morgan fingerprint density at radius 3 is 2.68 bits per heavy atom. The zero-order chi connectivity index (χ0) is 13.9. The Bertz CT molecular complexity index is 390. The van der Waals surface area contributed by atoms with Crippen LogP contribution in [0.1, 0.15) is 19.4 Å². The number of aromatic nitrogens is 1. The second kappa shape index (κ2) is 5.99. The fraction of sp³-hybridized carbons (Fsp3) is 0.667. The van der Waals surface area contributed by atoms with E-state index >= 15 is 0 Å². The van der Waals surface area contributed by atoms with Crippen LogP contribution in [0.3, 0.4) is 0 Å². The van der Waals surface area contributed by atoms with E-state index in [0.717, 1.165) is 26.2 Å². The number of hydrogen-bond donors (Lipinski definition) is 1. The molecule has 0 bridgehead atoms. The lowest BCUT2D eigenvalue weighted by atomic mass is 9.95. The van der Waals surface area contributed by atoms with Crippen molar-refractivity contribution in [3.8, 4) is 0 Å². The summed E-state index contributed by atoms with van der Waals surface area (Å²) in [5.74, 6) is 0. The molecule has 1 atom stereocenters. The maximum absolute atomic E-state index is 4.09. The Hall–Kier alpha value is -0.970. The molecule has 0 radical (unpaired) electrons. The highest BCUT2D eigenvalue weighted by Crippen LogP contribution is 2.24. The summed E-state index contributed by atoms with van der Waals surface area (Å²) in [4.78, 5) is 9.15. The summed E-state index contributed by atoms with van der Waals surface area (Å²) in [5.41, 5.74) is 1.56. The SMILES string of the molecule is CNCC1CN(Cc2ccncc2)CC(C)(C)N1C. The second-order valence-corrected chi connectivity index (χ2v) is 6.16. The monoisotopic (exact) mass is 262 g/mol. The third kappa shape index (κ3) is 3.53. The number of pyridine rings is 1. The normalized spacial score (nSPS) is 24.5. The molecule has 1 aliphatic rings. The highest BCUT2D eigenvalue weighted by atomic mass is 15.3. The summed E-state index contributed by atoms with van der Waals surface area (Å²) < 4.78 is 0. The topological polar surface area (TPSA) is 31.4 Å². The van der Waals surface area contributed by atoms with Gasteiger partial charge in [-0.15, -0.1) is 0 Å². The van der Waals surface area contributed by atoms with Gasteiger partial charge < -0.3 is 5.32 Å². The molecule has 0 saturated carbocycles. The molecule has 0 aromatic carbocycles. The molecule has 4 heteroatoms. The molecule has 1 aromatic rings. The van der Waals surface area contributed by atoms with Crippen LogP contribution < -0.4 is 5.32 Å². The van der Waals surface area contributed by atoms with Crippen molar-refractivity contribution in [2.24, 2.45) is 0 Å². The van der Waals surface area contributed by atoms with Crippen molar-refractivity contribution in [1.29, 1.82) is 0 Å². The van der Waals surface area contributed by atoms with Gasteiger partial charge in [0.2, 0.25) is 0 Å². The summed E-state index contributed by atoms with van der Waals surface area (Å²) in [6.45, 7) is 8.92. The van der Waals surface area contributed by atoms with E-state index in [9.17, 15) is 0 Å².